The van der Waals surface area contributed by atoms with Gasteiger partial charge in [-0.2, -0.15) is 0 Å². The van der Waals surface area contributed by atoms with Gasteiger partial charge in [-0.25, -0.2) is 0 Å². The lowest BCUT2D eigenvalue weighted by Gasteiger charge is -2.27. The summed E-state index contributed by atoms with van der Waals surface area (Å²) in [5.41, 5.74) is 4.63. The van der Waals surface area contributed by atoms with Gasteiger partial charge in [-0.1, -0.05) is 66.2 Å². The zero-order valence-corrected chi connectivity index (χ0v) is 12.5. The van der Waals surface area contributed by atoms with Crippen LogP contribution in [0.2, 0.25) is 0 Å². The van der Waals surface area contributed by atoms with Gasteiger partial charge in [-0.05, 0) is 23.4 Å². The van der Waals surface area contributed by atoms with Crippen molar-refractivity contribution in [2.45, 2.75) is 19.3 Å². The number of aryl methyl sites for hydroxylation is 1. The number of carbonyl (C=O) groups is 1. The highest BCUT2D eigenvalue weighted by Gasteiger charge is 2.27. The summed E-state index contributed by atoms with van der Waals surface area (Å²) in [5.74, 6) is 0.226. The molecule has 22 heavy (non-hydrogen) atoms. The van der Waals surface area contributed by atoms with Crippen molar-refractivity contribution >= 4 is 22.4 Å². The standard InChI is InChI=1S/C20H17NO/c1-13-5-4-7-15(11-13)18-12-19(22)21-20-16-8-3-2-6-14(16)9-10-17(18)20/h2-11,18H,12H2,1H3,(H,21,22)/t18-/m0/s1. The van der Waals surface area contributed by atoms with Crippen molar-refractivity contribution in [3.63, 3.8) is 0 Å². The van der Waals surface area contributed by atoms with Crippen LogP contribution in [-0.4, -0.2) is 5.91 Å². The van der Waals surface area contributed by atoms with Crippen LogP contribution in [0.5, 0.6) is 0 Å². The first-order chi connectivity index (χ1) is 10.7. The third kappa shape index (κ3) is 2.08. The summed E-state index contributed by atoms with van der Waals surface area (Å²) >= 11 is 0. The van der Waals surface area contributed by atoms with Crippen molar-refractivity contribution in [3.05, 3.63) is 77.4 Å². The smallest absolute Gasteiger partial charge is 0.225 e. The summed E-state index contributed by atoms with van der Waals surface area (Å²) < 4.78 is 0. The summed E-state index contributed by atoms with van der Waals surface area (Å²) in [4.78, 5) is 12.2. The van der Waals surface area contributed by atoms with Crippen LogP contribution in [-0.2, 0) is 4.79 Å². The highest BCUT2D eigenvalue weighted by Crippen LogP contribution is 2.40. The monoisotopic (exact) mass is 287 g/mol. The zero-order valence-electron chi connectivity index (χ0n) is 12.5. The van der Waals surface area contributed by atoms with Crippen LogP contribution in [0.15, 0.2) is 60.7 Å². The van der Waals surface area contributed by atoms with Gasteiger partial charge in [0, 0.05) is 17.7 Å². The fraction of sp³-hybridized carbons (Fsp3) is 0.150. The number of rotatable bonds is 1. The molecular weight excluding hydrogens is 270 g/mol. The quantitative estimate of drug-likeness (QED) is 0.695. The van der Waals surface area contributed by atoms with E-state index in [9.17, 15) is 4.79 Å². The molecule has 3 aromatic carbocycles. The lowest BCUT2D eigenvalue weighted by Crippen LogP contribution is -2.23. The fourth-order valence-corrected chi connectivity index (χ4v) is 3.39. The maximum atomic E-state index is 12.2. The molecule has 1 atom stereocenters. The molecule has 0 unspecified atom stereocenters. The van der Waals surface area contributed by atoms with Crippen LogP contribution < -0.4 is 5.32 Å². The molecule has 0 aromatic heterocycles. The molecule has 2 nitrogen and oxygen atoms in total. The maximum absolute atomic E-state index is 12.2. The topological polar surface area (TPSA) is 29.1 Å². The largest absolute Gasteiger partial charge is 0.325 e. The van der Waals surface area contributed by atoms with Crippen LogP contribution in [0.4, 0.5) is 5.69 Å². The Morgan fingerprint density at radius 2 is 1.86 bits per heavy atom. The Bertz CT molecular complexity index is 882. The molecule has 1 N–H and O–H groups in total. The molecule has 4 rings (SSSR count). The third-order valence-corrected chi connectivity index (χ3v) is 4.44. The van der Waals surface area contributed by atoms with Crippen LogP contribution in [0, 0.1) is 6.92 Å². The highest BCUT2D eigenvalue weighted by atomic mass is 16.1. The van der Waals surface area contributed by atoms with E-state index < -0.39 is 0 Å². The molecule has 0 saturated heterocycles. The Labute approximate surface area is 129 Å². The van der Waals surface area contributed by atoms with E-state index in [0.29, 0.717) is 6.42 Å². The van der Waals surface area contributed by atoms with E-state index in [-0.39, 0.29) is 11.8 Å². The molecule has 108 valence electrons. The Morgan fingerprint density at radius 1 is 1.00 bits per heavy atom. The lowest BCUT2D eigenvalue weighted by molar-refractivity contribution is -0.116. The van der Waals surface area contributed by atoms with Gasteiger partial charge in [0.05, 0.1) is 5.69 Å². The molecule has 0 saturated carbocycles. The van der Waals surface area contributed by atoms with E-state index in [1.54, 1.807) is 0 Å². The molecule has 0 bridgehead atoms. The average Bonchev–Trinajstić information content (AvgIpc) is 2.54. The number of hydrogen-bond acceptors (Lipinski definition) is 1. The molecule has 0 aliphatic carbocycles. The molecular formula is C20H17NO. The molecule has 0 spiro atoms. The summed E-state index contributed by atoms with van der Waals surface area (Å²) in [6.07, 6.45) is 0.509. The number of benzene rings is 3. The van der Waals surface area contributed by atoms with Crippen molar-refractivity contribution in [2.75, 3.05) is 5.32 Å². The second-order valence-corrected chi connectivity index (χ2v) is 5.97. The molecule has 1 amide bonds. The number of carbonyl (C=O) groups excluding carboxylic acids is 1. The van der Waals surface area contributed by atoms with E-state index in [2.05, 4.69) is 60.8 Å². The van der Waals surface area contributed by atoms with Gasteiger partial charge in [0.2, 0.25) is 5.91 Å². The first-order valence-corrected chi connectivity index (χ1v) is 7.60. The molecule has 0 radical (unpaired) electrons. The minimum Gasteiger partial charge on any atom is -0.325 e. The SMILES string of the molecule is Cc1cccc([C@@H]2CC(=O)Nc3c2ccc2ccccc32)c1. The minimum absolute atomic E-state index is 0.0929. The number of fused-ring (bicyclic) bond motifs is 3. The van der Waals surface area contributed by atoms with Crippen molar-refractivity contribution < 1.29 is 4.79 Å². The van der Waals surface area contributed by atoms with Crippen molar-refractivity contribution in [2.24, 2.45) is 0 Å². The van der Waals surface area contributed by atoms with Gasteiger partial charge in [-0.3, -0.25) is 4.79 Å². The number of hydrogen-bond donors (Lipinski definition) is 1. The molecule has 3 aromatic rings. The summed E-state index contributed by atoms with van der Waals surface area (Å²) in [5, 5.41) is 5.35. The maximum Gasteiger partial charge on any atom is 0.225 e. The van der Waals surface area contributed by atoms with Gasteiger partial charge in [0.15, 0.2) is 0 Å². The first kappa shape index (κ1) is 13.1. The van der Waals surface area contributed by atoms with Gasteiger partial charge < -0.3 is 5.32 Å². The zero-order chi connectivity index (χ0) is 15.1. The van der Waals surface area contributed by atoms with Crippen molar-refractivity contribution in [1.29, 1.82) is 0 Å². The summed E-state index contributed by atoms with van der Waals surface area (Å²) in [7, 11) is 0. The Morgan fingerprint density at radius 3 is 2.73 bits per heavy atom. The van der Waals surface area contributed by atoms with E-state index in [1.165, 1.54) is 16.7 Å². The predicted molar refractivity (Wildman–Crippen MR) is 90.2 cm³/mol. The second-order valence-electron chi connectivity index (χ2n) is 5.97. The molecule has 1 aliphatic rings. The minimum atomic E-state index is 0.0929. The lowest BCUT2D eigenvalue weighted by atomic mass is 9.83. The van der Waals surface area contributed by atoms with E-state index in [0.717, 1.165) is 16.5 Å². The van der Waals surface area contributed by atoms with Crippen molar-refractivity contribution in [3.8, 4) is 0 Å². The summed E-state index contributed by atoms with van der Waals surface area (Å²) in [6.45, 7) is 2.09. The molecule has 0 fully saturated rings. The normalized spacial score (nSPS) is 17.1. The number of amides is 1. The molecule has 2 heteroatoms. The van der Waals surface area contributed by atoms with E-state index in [4.69, 9.17) is 0 Å². The van der Waals surface area contributed by atoms with E-state index in [1.807, 2.05) is 12.1 Å². The van der Waals surface area contributed by atoms with Crippen LogP contribution in [0.25, 0.3) is 10.8 Å². The molecule has 1 aliphatic heterocycles. The van der Waals surface area contributed by atoms with Gasteiger partial charge >= 0.3 is 0 Å². The highest BCUT2D eigenvalue weighted by molar-refractivity contribution is 6.06. The second kappa shape index (κ2) is 4.99. The first-order valence-electron chi connectivity index (χ1n) is 7.60. The predicted octanol–water partition coefficient (Wildman–Crippen LogP) is 4.62. The van der Waals surface area contributed by atoms with Crippen LogP contribution in [0.3, 0.4) is 0 Å². The fourth-order valence-electron chi connectivity index (χ4n) is 3.39. The van der Waals surface area contributed by atoms with Gasteiger partial charge in [0.25, 0.3) is 0 Å². The van der Waals surface area contributed by atoms with Gasteiger partial charge in [0.1, 0.15) is 0 Å². The number of nitrogens with one attached hydrogen (secondary N) is 1. The molecule has 1 heterocycles. The van der Waals surface area contributed by atoms with E-state index >= 15 is 0 Å². The Balaban J connectivity index is 1.94. The summed E-state index contributed by atoms with van der Waals surface area (Å²) in [6, 6.07) is 21.0. The third-order valence-electron chi connectivity index (χ3n) is 4.44. The van der Waals surface area contributed by atoms with Gasteiger partial charge in [-0.15, -0.1) is 0 Å². The Kier molecular flexibility index (Phi) is 2.97. The van der Waals surface area contributed by atoms with Crippen LogP contribution >= 0.6 is 0 Å². The number of anilines is 1. The Hall–Kier alpha value is -2.61. The average molecular weight is 287 g/mol. The van der Waals surface area contributed by atoms with Crippen LogP contribution in [0.1, 0.15) is 29.0 Å². The van der Waals surface area contributed by atoms with Crippen molar-refractivity contribution in [1.82, 2.24) is 0 Å².